The molecule has 2 aliphatic rings. The van der Waals surface area contributed by atoms with E-state index in [1.807, 2.05) is 29.2 Å². The number of para-hydroxylation sites is 2. The SMILES string of the molecule is O=C([C@@H]1CCS(=O)(=O)C1)N1CCC[C@@H]1c1nc2ccccc2[nH]1. The fraction of sp³-hybridized carbons (Fsp3) is 0.500. The Morgan fingerprint density at radius 1 is 1.26 bits per heavy atom. The number of hydrogen-bond donors (Lipinski definition) is 1. The van der Waals surface area contributed by atoms with Crippen molar-refractivity contribution >= 4 is 26.8 Å². The third kappa shape index (κ3) is 2.63. The molecule has 2 aromatic rings. The van der Waals surface area contributed by atoms with Crippen molar-refractivity contribution in [3.63, 3.8) is 0 Å². The van der Waals surface area contributed by atoms with Gasteiger partial charge in [0.15, 0.2) is 9.84 Å². The molecular formula is C16H19N3O3S. The van der Waals surface area contributed by atoms with Gasteiger partial charge in [-0.2, -0.15) is 0 Å². The van der Waals surface area contributed by atoms with E-state index in [0.717, 1.165) is 29.7 Å². The van der Waals surface area contributed by atoms with Crippen molar-refractivity contribution < 1.29 is 13.2 Å². The highest BCUT2D eigenvalue weighted by Crippen LogP contribution is 2.34. The van der Waals surface area contributed by atoms with Gasteiger partial charge in [0.25, 0.3) is 0 Å². The number of sulfone groups is 1. The van der Waals surface area contributed by atoms with Crippen LogP contribution in [0.3, 0.4) is 0 Å². The molecule has 0 aliphatic carbocycles. The van der Waals surface area contributed by atoms with E-state index in [4.69, 9.17) is 0 Å². The van der Waals surface area contributed by atoms with Crippen molar-refractivity contribution in [1.29, 1.82) is 0 Å². The largest absolute Gasteiger partial charge is 0.340 e. The first-order valence-corrected chi connectivity index (χ1v) is 9.81. The summed E-state index contributed by atoms with van der Waals surface area (Å²) < 4.78 is 23.3. The summed E-state index contributed by atoms with van der Waals surface area (Å²) >= 11 is 0. The number of H-pyrrole nitrogens is 1. The van der Waals surface area contributed by atoms with Crippen molar-refractivity contribution in [2.45, 2.75) is 25.3 Å². The molecule has 2 saturated heterocycles. The van der Waals surface area contributed by atoms with Crippen molar-refractivity contribution in [3.05, 3.63) is 30.1 Å². The van der Waals surface area contributed by atoms with E-state index in [1.165, 1.54) is 0 Å². The quantitative estimate of drug-likeness (QED) is 0.906. The summed E-state index contributed by atoms with van der Waals surface area (Å²) in [4.78, 5) is 22.5. The molecule has 7 heteroatoms. The number of amides is 1. The number of aromatic nitrogens is 2. The van der Waals surface area contributed by atoms with Crippen LogP contribution in [0.25, 0.3) is 11.0 Å². The first-order valence-electron chi connectivity index (χ1n) is 7.99. The van der Waals surface area contributed by atoms with Gasteiger partial charge < -0.3 is 9.88 Å². The molecule has 0 radical (unpaired) electrons. The average Bonchev–Trinajstić information content (AvgIpc) is 3.22. The Bertz CT molecular complexity index is 825. The number of benzene rings is 1. The molecule has 6 nitrogen and oxygen atoms in total. The summed E-state index contributed by atoms with van der Waals surface area (Å²) in [6, 6.07) is 7.73. The van der Waals surface area contributed by atoms with Crippen molar-refractivity contribution in [3.8, 4) is 0 Å². The third-order valence-electron chi connectivity index (χ3n) is 4.84. The zero-order chi connectivity index (χ0) is 16.0. The highest BCUT2D eigenvalue weighted by molar-refractivity contribution is 7.91. The fourth-order valence-corrected chi connectivity index (χ4v) is 5.40. The van der Waals surface area contributed by atoms with Gasteiger partial charge in [-0.3, -0.25) is 4.79 Å². The molecule has 4 rings (SSSR count). The monoisotopic (exact) mass is 333 g/mol. The van der Waals surface area contributed by atoms with Crippen molar-refractivity contribution in [1.82, 2.24) is 14.9 Å². The molecular weight excluding hydrogens is 314 g/mol. The number of imidazole rings is 1. The topological polar surface area (TPSA) is 83.1 Å². The van der Waals surface area contributed by atoms with E-state index < -0.39 is 9.84 Å². The second-order valence-corrected chi connectivity index (χ2v) is 8.66. The van der Waals surface area contributed by atoms with Crippen LogP contribution < -0.4 is 0 Å². The van der Waals surface area contributed by atoms with Gasteiger partial charge in [0, 0.05) is 6.54 Å². The first-order chi connectivity index (χ1) is 11.0. The maximum absolute atomic E-state index is 12.8. The molecule has 3 heterocycles. The Balaban J connectivity index is 1.60. The second-order valence-electron chi connectivity index (χ2n) is 6.43. The number of rotatable bonds is 2. The maximum Gasteiger partial charge on any atom is 0.227 e. The lowest BCUT2D eigenvalue weighted by molar-refractivity contribution is -0.135. The van der Waals surface area contributed by atoms with Crippen LogP contribution in [0.15, 0.2) is 24.3 Å². The molecule has 23 heavy (non-hydrogen) atoms. The summed E-state index contributed by atoms with van der Waals surface area (Å²) in [5.74, 6) is 0.513. The first kappa shape index (κ1) is 14.7. The molecule has 0 spiro atoms. The van der Waals surface area contributed by atoms with Crippen LogP contribution in [0.1, 0.15) is 31.1 Å². The molecule has 2 fully saturated rings. The summed E-state index contributed by atoms with van der Waals surface area (Å²) in [5, 5.41) is 0. The molecule has 1 aromatic carbocycles. The van der Waals surface area contributed by atoms with E-state index in [1.54, 1.807) is 0 Å². The number of aromatic amines is 1. The second kappa shape index (κ2) is 5.33. The highest BCUT2D eigenvalue weighted by Gasteiger charge is 2.40. The summed E-state index contributed by atoms with van der Waals surface area (Å²) in [6.45, 7) is 0.678. The van der Waals surface area contributed by atoms with E-state index in [9.17, 15) is 13.2 Å². The van der Waals surface area contributed by atoms with Gasteiger partial charge in [-0.05, 0) is 31.4 Å². The number of carbonyl (C=O) groups is 1. The van der Waals surface area contributed by atoms with Crippen LogP contribution >= 0.6 is 0 Å². The molecule has 0 unspecified atom stereocenters. The van der Waals surface area contributed by atoms with Gasteiger partial charge in [-0.1, -0.05) is 12.1 Å². The molecule has 0 saturated carbocycles. The van der Waals surface area contributed by atoms with Gasteiger partial charge in [-0.25, -0.2) is 13.4 Å². The van der Waals surface area contributed by atoms with Gasteiger partial charge in [0.2, 0.25) is 5.91 Å². The van der Waals surface area contributed by atoms with Crippen LogP contribution in [0.4, 0.5) is 0 Å². The van der Waals surface area contributed by atoms with E-state index in [-0.39, 0.29) is 29.4 Å². The van der Waals surface area contributed by atoms with Gasteiger partial charge in [0.1, 0.15) is 5.82 Å². The van der Waals surface area contributed by atoms with E-state index >= 15 is 0 Å². The van der Waals surface area contributed by atoms with Crippen molar-refractivity contribution in [2.24, 2.45) is 5.92 Å². The predicted octanol–water partition coefficient (Wildman–Crippen LogP) is 1.66. The molecule has 122 valence electrons. The Morgan fingerprint density at radius 2 is 2.09 bits per heavy atom. The minimum Gasteiger partial charge on any atom is -0.340 e. The van der Waals surface area contributed by atoms with Gasteiger partial charge in [0.05, 0.1) is 34.5 Å². The maximum atomic E-state index is 12.8. The van der Waals surface area contributed by atoms with Gasteiger partial charge in [-0.15, -0.1) is 0 Å². The standard InChI is InChI=1S/C16H19N3O3S/c20-16(11-7-9-23(21,22)10-11)19-8-3-6-14(19)15-17-12-4-1-2-5-13(12)18-15/h1-2,4-5,11,14H,3,6-10H2,(H,17,18)/t11-,14-/m1/s1. The zero-order valence-corrected chi connectivity index (χ0v) is 13.6. The number of nitrogens with one attached hydrogen (secondary N) is 1. The van der Waals surface area contributed by atoms with Crippen LogP contribution in [-0.4, -0.2) is 47.2 Å². The summed E-state index contributed by atoms with van der Waals surface area (Å²) in [7, 11) is -3.04. The van der Waals surface area contributed by atoms with E-state index in [2.05, 4.69) is 9.97 Å². The fourth-order valence-electron chi connectivity index (χ4n) is 3.67. The highest BCUT2D eigenvalue weighted by atomic mass is 32.2. The van der Waals surface area contributed by atoms with E-state index in [0.29, 0.717) is 13.0 Å². The normalized spacial score (nSPS) is 26.9. The minimum atomic E-state index is -3.04. The van der Waals surface area contributed by atoms with Gasteiger partial charge >= 0.3 is 0 Å². The molecule has 2 atom stereocenters. The number of likely N-dealkylation sites (tertiary alicyclic amines) is 1. The zero-order valence-electron chi connectivity index (χ0n) is 12.7. The summed E-state index contributed by atoms with van der Waals surface area (Å²) in [5.41, 5.74) is 1.86. The Labute approximate surface area is 134 Å². The molecule has 2 aliphatic heterocycles. The number of fused-ring (bicyclic) bond motifs is 1. The van der Waals surface area contributed by atoms with Crippen LogP contribution in [0, 0.1) is 5.92 Å². The lowest BCUT2D eigenvalue weighted by Crippen LogP contribution is -2.36. The van der Waals surface area contributed by atoms with Crippen molar-refractivity contribution in [2.75, 3.05) is 18.1 Å². The molecule has 0 bridgehead atoms. The lowest BCUT2D eigenvalue weighted by Gasteiger charge is -2.25. The average molecular weight is 333 g/mol. The Morgan fingerprint density at radius 3 is 2.83 bits per heavy atom. The Kier molecular flexibility index (Phi) is 3.41. The van der Waals surface area contributed by atoms with Crippen LogP contribution in [0.5, 0.6) is 0 Å². The minimum absolute atomic E-state index is 0.00478. The predicted molar refractivity (Wildman–Crippen MR) is 86.5 cm³/mol. The lowest BCUT2D eigenvalue weighted by atomic mass is 10.1. The third-order valence-corrected chi connectivity index (χ3v) is 6.61. The van der Waals surface area contributed by atoms with Crippen LogP contribution in [0.2, 0.25) is 0 Å². The smallest absolute Gasteiger partial charge is 0.227 e. The Hall–Kier alpha value is -1.89. The van der Waals surface area contributed by atoms with Crippen LogP contribution in [-0.2, 0) is 14.6 Å². The molecule has 1 aromatic heterocycles. The molecule has 1 amide bonds. The molecule has 1 N–H and O–H groups in total. The number of hydrogen-bond acceptors (Lipinski definition) is 4. The summed E-state index contributed by atoms with van der Waals surface area (Å²) in [6.07, 6.45) is 2.24. The number of nitrogens with zero attached hydrogens (tertiary/aromatic N) is 2. The number of carbonyl (C=O) groups excluding carboxylic acids is 1.